The summed E-state index contributed by atoms with van der Waals surface area (Å²) in [4.78, 5) is 12.6. The van der Waals surface area contributed by atoms with Gasteiger partial charge < -0.3 is 10.8 Å². The Morgan fingerprint density at radius 3 is 2.80 bits per heavy atom. The third kappa shape index (κ3) is 3.16. The van der Waals surface area contributed by atoms with Crippen molar-refractivity contribution in [3.8, 4) is 5.75 Å². The Morgan fingerprint density at radius 2 is 2.27 bits per heavy atom. The first kappa shape index (κ1) is 11.4. The van der Waals surface area contributed by atoms with Crippen molar-refractivity contribution in [2.75, 3.05) is 11.4 Å². The fourth-order valence-electron chi connectivity index (χ4n) is 1.34. The zero-order chi connectivity index (χ0) is 11.3. The van der Waals surface area contributed by atoms with Crippen LogP contribution in [0.5, 0.6) is 5.75 Å². The van der Waals surface area contributed by atoms with E-state index >= 15 is 0 Å². The van der Waals surface area contributed by atoms with Crippen molar-refractivity contribution in [2.24, 2.45) is 5.73 Å². The van der Waals surface area contributed by atoms with E-state index in [4.69, 9.17) is 5.73 Å². The number of carbonyl (C=O) groups excluding carboxylic acids is 1. The normalized spacial score (nSPS) is 9.93. The van der Waals surface area contributed by atoms with Gasteiger partial charge in [-0.3, -0.25) is 4.90 Å². The molecule has 0 bridgehead atoms. The van der Waals surface area contributed by atoms with Gasteiger partial charge in [-0.15, -0.1) is 0 Å². The van der Waals surface area contributed by atoms with Crippen LogP contribution in [0.15, 0.2) is 24.3 Å². The minimum atomic E-state index is -0.492. The molecule has 0 atom stereocenters. The van der Waals surface area contributed by atoms with E-state index in [-0.39, 0.29) is 5.75 Å². The molecule has 0 saturated carbocycles. The number of amides is 2. The van der Waals surface area contributed by atoms with Crippen molar-refractivity contribution in [3.05, 3.63) is 24.3 Å². The Balaban J connectivity index is 2.84. The molecule has 15 heavy (non-hydrogen) atoms. The number of phenols is 1. The highest BCUT2D eigenvalue weighted by molar-refractivity contribution is 5.90. The maximum absolute atomic E-state index is 11.2. The lowest BCUT2D eigenvalue weighted by atomic mass is 10.2. The van der Waals surface area contributed by atoms with Gasteiger partial charge in [0.2, 0.25) is 0 Å². The van der Waals surface area contributed by atoms with Gasteiger partial charge in [-0.05, 0) is 18.6 Å². The van der Waals surface area contributed by atoms with Crippen molar-refractivity contribution in [1.82, 2.24) is 0 Å². The lowest BCUT2D eigenvalue weighted by molar-refractivity contribution is 0.254. The Labute approximate surface area is 89.3 Å². The number of benzene rings is 1. The predicted octanol–water partition coefficient (Wildman–Crippen LogP) is 2.08. The topological polar surface area (TPSA) is 66.6 Å². The van der Waals surface area contributed by atoms with Gasteiger partial charge in [0, 0.05) is 18.3 Å². The number of hydrogen-bond acceptors (Lipinski definition) is 2. The highest BCUT2D eigenvalue weighted by atomic mass is 16.3. The van der Waals surface area contributed by atoms with Crippen molar-refractivity contribution in [3.63, 3.8) is 0 Å². The Morgan fingerprint density at radius 1 is 1.53 bits per heavy atom. The summed E-state index contributed by atoms with van der Waals surface area (Å²) in [7, 11) is 0. The molecule has 82 valence electrons. The number of nitrogens with zero attached hydrogens (tertiary/aromatic N) is 1. The van der Waals surface area contributed by atoms with E-state index in [1.807, 2.05) is 6.92 Å². The van der Waals surface area contributed by atoms with Gasteiger partial charge in [0.15, 0.2) is 0 Å². The third-order valence-electron chi connectivity index (χ3n) is 2.14. The fourth-order valence-corrected chi connectivity index (χ4v) is 1.34. The Hall–Kier alpha value is -1.71. The molecule has 0 heterocycles. The molecule has 0 radical (unpaired) electrons. The minimum Gasteiger partial charge on any atom is -0.508 e. The van der Waals surface area contributed by atoms with Crippen LogP contribution in [0, 0.1) is 0 Å². The van der Waals surface area contributed by atoms with Crippen LogP contribution >= 0.6 is 0 Å². The van der Waals surface area contributed by atoms with Crippen molar-refractivity contribution >= 4 is 11.7 Å². The highest BCUT2D eigenvalue weighted by Gasteiger charge is 2.11. The van der Waals surface area contributed by atoms with Crippen molar-refractivity contribution in [2.45, 2.75) is 19.8 Å². The molecule has 0 unspecified atom stereocenters. The first-order valence-electron chi connectivity index (χ1n) is 5.01. The third-order valence-corrected chi connectivity index (χ3v) is 2.14. The van der Waals surface area contributed by atoms with Gasteiger partial charge >= 0.3 is 6.03 Å². The molecule has 0 saturated heterocycles. The molecule has 1 aromatic rings. The van der Waals surface area contributed by atoms with Gasteiger partial charge in [0.05, 0.1) is 0 Å². The molecule has 0 aromatic heterocycles. The molecule has 3 N–H and O–H groups in total. The predicted molar refractivity (Wildman–Crippen MR) is 59.9 cm³/mol. The Kier molecular flexibility index (Phi) is 3.97. The number of rotatable bonds is 4. The summed E-state index contributed by atoms with van der Waals surface area (Å²) in [6, 6.07) is 6.03. The van der Waals surface area contributed by atoms with E-state index in [0.717, 1.165) is 12.8 Å². The maximum Gasteiger partial charge on any atom is 0.319 e. The molecular formula is C11H16N2O2. The van der Waals surface area contributed by atoms with E-state index in [9.17, 15) is 9.90 Å². The fraction of sp³-hybridized carbons (Fsp3) is 0.364. The van der Waals surface area contributed by atoms with Crippen LogP contribution in [-0.2, 0) is 0 Å². The standard InChI is InChI=1S/C11H16N2O2/c1-2-3-7-13(11(12)15)9-5-4-6-10(14)8-9/h4-6,8,14H,2-3,7H2,1H3,(H2,12,15). The van der Waals surface area contributed by atoms with Crippen molar-refractivity contribution < 1.29 is 9.90 Å². The monoisotopic (exact) mass is 208 g/mol. The number of urea groups is 1. The quantitative estimate of drug-likeness (QED) is 0.795. The number of unbranched alkanes of at least 4 members (excludes halogenated alkanes) is 1. The van der Waals surface area contributed by atoms with E-state index in [1.165, 1.54) is 11.0 Å². The number of anilines is 1. The maximum atomic E-state index is 11.2. The van der Waals surface area contributed by atoms with Crippen LogP contribution in [0.1, 0.15) is 19.8 Å². The molecular weight excluding hydrogens is 192 g/mol. The number of primary amides is 1. The lowest BCUT2D eigenvalue weighted by Crippen LogP contribution is -2.36. The average molecular weight is 208 g/mol. The second kappa shape index (κ2) is 5.24. The van der Waals surface area contributed by atoms with E-state index in [1.54, 1.807) is 18.2 Å². The average Bonchev–Trinajstić information content (AvgIpc) is 2.18. The summed E-state index contributed by atoms with van der Waals surface area (Å²) in [5, 5.41) is 9.29. The number of hydrogen-bond donors (Lipinski definition) is 2. The summed E-state index contributed by atoms with van der Waals surface area (Å²) in [6.45, 7) is 2.62. The Bertz CT molecular complexity index is 339. The van der Waals surface area contributed by atoms with E-state index < -0.39 is 6.03 Å². The summed E-state index contributed by atoms with van der Waals surface area (Å²) in [5.74, 6) is 0.134. The molecule has 2 amide bonds. The number of aromatic hydroxyl groups is 1. The first-order valence-corrected chi connectivity index (χ1v) is 5.01. The highest BCUT2D eigenvalue weighted by Crippen LogP contribution is 2.20. The van der Waals surface area contributed by atoms with E-state index in [2.05, 4.69) is 0 Å². The van der Waals surface area contributed by atoms with Crippen LogP contribution in [0.4, 0.5) is 10.5 Å². The van der Waals surface area contributed by atoms with Crippen LogP contribution in [0.3, 0.4) is 0 Å². The van der Waals surface area contributed by atoms with Crippen LogP contribution in [-0.4, -0.2) is 17.7 Å². The summed E-state index contributed by atoms with van der Waals surface area (Å²) in [6.07, 6.45) is 1.88. The molecule has 4 nitrogen and oxygen atoms in total. The SMILES string of the molecule is CCCCN(C(N)=O)c1cccc(O)c1. The van der Waals surface area contributed by atoms with Crippen LogP contribution < -0.4 is 10.6 Å². The van der Waals surface area contributed by atoms with Gasteiger partial charge in [-0.25, -0.2) is 4.79 Å². The molecule has 0 fully saturated rings. The molecule has 0 aliphatic rings. The first-order chi connectivity index (χ1) is 7.15. The molecule has 0 aliphatic carbocycles. The second-order valence-corrected chi connectivity index (χ2v) is 3.36. The zero-order valence-corrected chi connectivity index (χ0v) is 8.81. The summed E-state index contributed by atoms with van der Waals surface area (Å²) >= 11 is 0. The van der Waals surface area contributed by atoms with Gasteiger partial charge in [0.25, 0.3) is 0 Å². The smallest absolute Gasteiger partial charge is 0.319 e. The number of nitrogens with two attached hydrogens (primary N) is 1. The van der Waals surface area contributed by atoms with Gasteiger partial charge in [-0.2, -0.15) is 0 Å². The lowest BCUT2D eigenvalue weighted by Gasteiger charge is -2.20. The second-order valence-electron chi connectivity index (χ2n) is 3.36. The number of phenolic OH excluding ortho intramolecular Hbond substituents is 1. The van der Waals surface area contributed by atoms with Gasteiger partial charge in [-0.1, -0.05) is 19.4 Å². The molecule has 0 spiro atoms. The van der Waals surface area contributed by atoms with Crippen LogP contribution in [0.2, 0.25) is 0 Å². The molecule has 1 rings (SSSR count). The van der Waals surface area contributed by atoms with Gasteiger partial charge in [0.1, 0.15) is 5.75 Å². The van der Waals surface area contributed by atoms with Crippen LogP contribution in [0.25, 0.3) is 0 Å². The number of carbonyl (C=O) groups is 1. The molecule has 1 aromatic carbocycles. The molecule has 4 heteroatoms. The van der Waals surface area contributed by atoms with Crippen molar-refractivity contribution in [1.29, 1.82) is 0 Å². The summed E-state index contributed by atoms with van der Waals surface area (Å²) in [5.41, 5.74) is 5.90. The minimum absolute atomic E-state index is 0.134. The molecule has 0 aliphatic heterocycles. The van der Waals surface area contributed by atoms with E-state index in [0.29, 0.717) is 12.2 Å². The summed E-state index contributed by atoms with van der Waals surface area (Å²) < 4.78 is 0. The largest absolute Gasteiger partial charge is 0.508 e. The zero-order valence-electron chi connectivity index (χ0n) is 8.81.